The summed E-state index contributed by atoms with van der Waals surface area (Å²) in [6, 6.07) is 2.25. The molecule has 2 rings (SSSR count). The maximum Gasteiger partial charge on any atom is 0.0220 e. The molecular weight excluding hydrogens is 220 g/mol. The van der Waals surface area contributed by atoms with Gasteiger partial charge in [0.1, 0.15) is 0 Å². The van der Waals surface area contributed by atoms with E-state index in [1.54, 1.807) is 0 Å². The van der Waals surface area contributed by atoms with Crippen molar-refractivity contribution >= 4 is 0 Å². The summed E-state index contributed by atoms with van der Waals surface area (Å²) in [6.45, 7) is 7.94. The molecule has 0 atom stereocenters. The van der Waals surface area contributed by atoms with Crippen LogP contribution in [0.2, 0.25) is 0 Å². The number of nitrogens with one attached hydrogen (secondary N) is 1. The van der Waals surface area contributed by atoms with Crippen LogP contribution in [0.3, 0.4) is 0 Å². The van der Waals surface area contributed by atoms with Crippen molar-refractivity contribution in [3.8, 4) is 0 Å². The number of rotatable bonds is 7. The van der Waals surface area contributed by atoms with E-state index in [4.69, 9.17) is 0 Å². The van der Waals surface area contributed by atoms with Gasteiger partial charge in [0.05, 0.1) is 0 Å². The molecule has 2 heteroatoms. The van der Waals surface area contributed by atoms with E-state index >= 15 is 0 Å². The van der Waals surface area contributed by atoms with Crippen LogP contribution < -0.4 is 5.32 Å². The van der Waals surface area contributed by atoms with Crippen LogP contribution >= 0.6 is 0 Å². The highest BCUT2D eigenvalue weighted by atomic mass is 14.9. The molecule has 1 aromatic rings. The number of hydrogen-bond acceptors (Lipinski definition) is 1. The minimum atomic E-state index is 0.603. The second-order valence-electron chi connectivity index (χ2n) is 5.92. The smallest absolute Gasteiger partial charge is 0.0220 e. The van der Waals surface area contributed by atoms with E-state index in [1.165, 1.54) is 50.6 Å². The van der Waals surface area contributed by atoms with Crippen molar-refractivity contribution in [2.45, 2.75) is 65.5 Å². The molecule has 0 unspecified atom stereocenters. The van der Waals surface area contributed by atoms with E-state index < -0.39 is 0 Å². The summed E-state index contributed by atoms with van der Waals surface area (Å²) in [5.74, 6) is 0. The lowest BCUT2D eigenvalue weighted by molar-refractivity contribution is 0.268. The topological polar surface area (TPSA) is 17.0 Å². The Bertz CT molecular complexity index is 348. The van der Waals surface area contributed by atoms with Crippen molar-refractivity contribution < 1.29 is 0 Å². The lowest BCUT2D eigenvalue weighted by atomic mass is 9.83. The summed E-state index contributed by atoms with van der Waals surface area (Å²) in [4.78, 5) is 0. The summed E-state index contributed by atoms with van der Waals surface area (Å²) < 4.78 is 2.29. The zero-order chi connectivity index (χ0) is 12.8. The Morgan fingerprint density at radius 3 is 2.72 bits per heavy atom. The maximum atomic E-state index is 3.68. The van der Waals surface area contributed by atoms with Gasteiger partial charge in [-0.15, -0.1) is 0 Å². The number of hydrogen-bond donors (Lipinski definition) is 1. The van der Waals surface area contributed by atoms with Crippen molar-refractivity contribution in [1.29, 1.82) is 0 Å². The third kappa shape index (κ3) is 3.38. The van der Waals surface area contributed by atoms with Gasteiger partial charge in [-0.3, -0.25) is 0 Å². The van der Waals surface area contributed by atoms with Crippen LogP contribution in [0.5, 0.6) is 0 Å². The van der Waals surface area contributed by atoms with Crippen molar-refractivity contribution in [2.75, 3.05) is 6.54 Å². The quantitative estimate of drug-likeness (QED) is 0.773. The van der Waals surface area contributed by atoms with Crippen LogP contribution in [0.4, 0.5) is 0 Å². The fourth-order valence-electron chi connectivity index (χ4n) is 3.24. The largest absolute Gasteiger partial charge is 0.354 e. The molecule has 18 heavy (non-hydrogen) atoms. The molecule has 0 bridgehead atoms. The van der Waals surface area contributed by atoms with Crippen molar-refractivity contribution in [2.24, 2.45) is 5.41 Å². The Balaban J connectivity index is 1.76. The molecule has 1 N–H and O–H groups in total. The summed E-state index contributed by atoms with van der Waals surface area (Å²) in [5, 5.41) is 3.68. The van der Waals surface area contributed by atoms with Gasteiger partial charge in [-0.05, 0) is 42.7 Å². The van der Waals surface area contributed by atoms with E-state index in [2.05, 4.69) is 42.2 Å². The molecule has 1 aromatic heterocycles. The van der Waals surface area contributed by atoms with Crippen LogP contribution in [0.25, 0.3) is 0 Å². The first-order chi connectivity index (χ1) is 8.78. The fourth-order valence-corrected chi connectivity index (χ4v) is 3.24. The highest BCUT2D eigenvalue weighted by molar-refractivity contribution is 5.10. The SMILES string of the molecule is CCCn1ccc(CNCC2(CC)CCCC2)c1. The molecule has 0 amide bonds. The molecule has 0 saturated heterocycles. The third-order valence-corrected chi connectivity index (χ3v) is 4.54. The Hall–Kier alpha value is -0.760. The Kier molecular flexibility index (Phi) is 4.87. The van der Waals surface area contributed by atoms with Crippen LogP contribution in [0.1, 0.15) is 57.9 Å². The fraction of sp³-hybridized carbons (Fsp3) is 0.750. The van der Waals surface area contributed by atoms with E-state index in [0.717, 1.165) is 13.1 Å². The third-order valence-electron chi connectivity index (χ3n) is 4.54. The van der Waals surface area contributed by atoms with E-state index in [9.17, 15) is 0 Å². The minimum absolute atomic E-state index is 0.603. The summed E-state index contributed by atoms with van der Waals surface area (Å²) in [6.07, 6.45) is 12.7. The number of nitrogens with zero attached hydrogens (tertiary/aromatic N) is 1. The predicted octanol–water partition coefficient (Wildman–Crippen LogP) is 3.96. The molecule has 0 spiro atoms. The normalized spacial score (nSPS) is 18.3. The van der Waals surface area contributed by atoms with Gasteiger partial charge >= 0.3 is 0 Å². The van der Waals surface area contributed by atoms with Crippen LogP contribution in [0, 0.1) is 5.41 Å². The maximum absolute atomic E-state index is 3.68. The molecule has 0 radical (unpaired) electrons. The summed E-state index contributed by atoms with van der Waals surface area (Å²) in [5.41, 5.74) is 2.03. The number of aromatic nitrogens is 1. The van der Waals surface area contributed by atoms with Crippen LogP contribution in [-0.2, 0) is 13.1 Å². The van der Waals surface area contributed by atoms with Crippen molar-refractivity contribution in [3.05, 3.63) is 24.0 Å². The molecule has 1 heterocycles. The van der Waals surface area contributed by atoms with E-state index in [0.29, 0.717) is 5.41 Å². The highest BCUT2D eigenvalue weighted by Crippen LogP contribution is 2.40. The molecule has 0 aliphatic heterocycles. The average Bonchev–Trinajstić information content (AvgIpc) is 3.00. The van der Waals surface area contributed by atoms with Gasteiger partial charge in [0, 0.05) is 32.0 Å². The van der Waals surface area contributed by atoms with Gasteiger partial charge < -0.3 is 9.88 Å². The average molecular weight is 248 g/mol. The first-order valence-corrected chi connectivity index (χ1v) is 7.63. The van der Waals surface area contributed by atoms with Crippen LogP contribution in [0.15, 0.2) is 18.5 Å². The molecule has 1 aliphatic rings. The molecule has 102 valence electrons. The second kappa shape index (κ2) is 6.42. The summed E-state index contributed by atoms with van der Waals surface area (Å²) in [7, 11) is 0. The summed E-state index contributed by atoms with van der Waals surface area (Å²) >= 11 is 0. The zero-order valence-electron chi connectivity index (χ0n) is 12.0. The second-order valence-corrected chi connectivity index (χ2v) is 5.92. The monoisotopic (exact) mass is 248 g/mol. The lowest BCUT2D eigenvalue weighted by Crippen LogP contribution is -2.31. The van der Waals surface area contributed by atoms with E-state index in [-0.39, 0.29) is 0 Å². The molecule has 0 aromatic carbocycles. The Morgan fingerprint density at radius 2 is 2.06 bits per heavy atom. The van der Waals surface area contributed by atoms with Gasteiger partial charge in [-0.1, -0.05) is 26.7 Å². The zero-order valence-corrected chi connectivity index (χ0v) is 12.0. The first kappa shape index (κ1) is 13.7. The van der Waals surface area contributed by atoms with Gasteiger partial charge in [-0.25, -0.2) is 0 Å². The lowest BCUT2D eigenvalue weighted by Gasteiger charge is -2.27. The molecule has 2 nitrogen and oxygen atoms in total. The standard InChI is InChI=1S/C16H28N2/c1-3-10-18-11-7-15(13-18)12-17-14-16(4-2)8-5-6-9-16/h7,11,13,17H,3-6,8-10,12,14H2,1-2H3. The number of aryl methyl sites for hydroxylation is 1. The predicted molar refractivity (Wildman–Crippen MR) is 77.6 cm³/mol. The Labute approximate surface area is 112 Å². The first-order valence-electron chi connectivity index (χ1n) is 7.63. The van der Waals surface area contributed by atoms with E-state index in [1.807, 2.05) is 0 Å². The van der Waals surface area contributed by atoms with Gasteiger partial charge in [0.2, 0.25) is 0 Å². The van der Waals surface area contributed by atoms with Gasteiger partial charge in [-0.2, -0.15) is 0 Å². The molecule has 1 aliphatic carbocycles. The Morgan fingerprint density at radius 1 is 1.28 bits per heavy atom. The van der Waals surface area contributed by atoms with Crippen molar-refractivity contribution in [1.82, 2.24) is 9.88 Å². The van der Waals surface area contributed by atoms with Gasteiger partial charge in [0.25, 0.3) is 0 Å². The molecule has 1 fully saturated rings. The van der Waals surface area contributed by atoms with Crippen molar-refractivity contribution in [3.63, 3.8) is 0 Å². The minimum Gasteiger partial charge on any atom is -0.354 e. The van der Waals surface area contributed by atoms with Gasteiger partial charge in [0.15, 0.2) is 0 Å². The molecular formula is C16H28N2. The highest BCUT2D eigenvalue weighted by Gasteiger charge is 2.31. The molecule has 1 saturated carbocycles. The van der Waals surface area contributed by atoms with Crippen LogP contribution in [-0.4, -0.2) is 11.1 Å².